The summed E-state index contributed by atoms with van der Waals surface area (Å²) < 4.78 is 0. The van der Waals surface area contributed by atoms with E-state index in [1.165, 1.54) is 4.90 Å². The number of carbonyl (C=O) groups excluding carboxylic acids is 2. The van der Waals surface area contributed by atoms with Gasteiger partial charge in [-0.15, -0.1) is 0 Å². The summed E-state index contributed by atoms with van der Waals surface area (Å²) in [7, 11) is 3.89. The number of anilines is 2. The molecule has 1 aromatic heterocycles. The van der Waals surface area contributed by atoms with Crippen LogP contribution in [0.25, 0.3) is 11.0 Å². The van der Waals surface area contributed by atoms with Crippen molar-refractivity contribution < 1.29 is 14.7 Å². The zero-order valence-electron chi connectivity index (χ0n) is 21.4. The number of hydrogen-bond donors (Lipinski definition) is 2. The first-order chi connectivity index (χ1) is 17.7. The predicted octanol–water partition coefficient (Wildman–Crippen LogP) is 5.35. The van der Waals surface area contributed by atoms with Crippen molar-refractivity contribution in [2.45, 2.75) is 32.7 Å². The molecule has 0 spiro atoms. The standard InChI is InChI=1S/C30H30N4O3/c1-18-16-23-24(17-19(18)2)32-30(31-23)34-27(21-11-13-22(14-12-21)33(3)4)26(28(36)29(34)37)25(35)15-10-20-8-6-5-7-9-20/h5-9,11-14,16-17,27,36H,10,15H2,1-4H3,(H,31,32). The highest BCUT2D eigenvalue weighted by molar-refractivity contribution is 6.16. The van der Waals surface area contributed by atoms with Gasteiger partial charge < -0.3 is 15.0 Å². The van der Waals surface area contributed by atoms with Crippen LogP contribution in [0.2, 0.25) is 0 Å². The zero-order chi connectivity index (χ0) is 26.3. The number of aliphatic hydroxyl groups is 1. The molecule has 2 N–H and O–H groups in total. The normalized spacial score (nSPS) is 15.6. The lowest BCUT2D eigenvalue weighted by Crippen LogP contribution is -2.32. The summed E-state index contributed by atoms with van der Waals surface area (Å²) in [4.78, 5) is 38.3. The van der Waals surface area contributed by atoms with E-state index in [2.05, 4.69) is 9.97 Å². The summed E-state index contributed by atoms with van der Waals surface area (Å²) in [5, 5.41) is 11.0. The molecular weight excluding hydrogens is 464 g/mol. The number of aryl methyl sites for hydroxylation is 3. The number of aromatic amines is 1. The second-order valence-electron chi connectivity index (χ2n) is 9.75. The molecule has 0 aliphatic carbocycles. The lowest BCUT2D eigenvalue weighted by atomic mass is 9.93. The number of amides is 1. The molecule has 1 aliphatic rings. The summed E-state index contributed by atoms with van der Waals surface area (Å²) in [6.45, 7) is 4.03. The van der Waals surface area contributed by atoms with E-state index in [1.54, 1.807) is 0 Å². The fourth-order valence-corrected chi connectivity index (χ4v) is 4.79. The van der Waals surface area contributed by atoms with Gasteiger partial charge in [0, 0.05) is 26.2 Å². The summed E-state index contributed by atoms with van der Waals surface area (Å²) >= 11 is 0. The number of carbonyl (C=O) groups is 2. The summed E-state index contributed by atoms with van der Waals surface area (Å²) in [6.07, 6.45) is 0.690. The topological polar surface area (TPSA) is 89.5 Å². The summed E-state index contributed by atoms with van der Waals surface area (Å²) in [5.74, 6) is -1.13. The van der Waals surface area contributed by atoms with E-state index >= 15 is 0 Å². The highest BCUT2D eigenvalue weighted by Crippen LogP contribution is 2.41. The highest BCUT2D eigenvalue weighted by Gasteiger charge is 2.45. The van der Waals surface area contributed by atoms with Crippen LogP contribution in [0.3, 0.4) is 0 Å². The van der Waals surface area contributed by atoms with Crippen molar-refractivity contribution in [3.63, 3.8) is 0 Å². The van der Waals surface area contributed by atoms with Gasteiger partial charge in [0.15, 0.2) is 11.5 Å². The first-order valence-corrected chi connectivity index (χ1v) is 12.3. The minimum atomic E-state index is -0.797. The molecule has 0 bridgehead atoms. The smallest absolute Gasteiger partial charge is 0.296 e. The van der Waals surface area contributed by atoms with Gasteiger partial charge in [-0.25, -0.2) is 4.98 Å². The number of rotatable bonds is 7. The van der Waals surface area contributed by atoms with Crippen molar-refractivity contribution >= 4 is 34.4 Å². The van der Waals surface area contributed by atoms with E-state index in [4.69, 9.17) is 0 Å². The molecule has 188 valence electrons. The molecule has 0 saturated heterocycles. The third-order valence-electron chi connectivity index (χ3n) is 7.03. The van der Waals surface area contributed by atoms with Crippen LogP contribution >= 0.6 is 0 Å². The van der Waals surface area contributed by atoms with E-state index in [0.29, 0.717) is 12.4 Å². The lowest BCUT2D eigenvalue weighted by molar-refractivity contribution is -0.118. The van der Waals surface area contributed by atoms with Crippen LogP contribution in [-0.2, 0) is 16.0 Å². The fourth-order valence-electron chi connectivity index (χ4n) is 4.79. The molecule has 0 radical (unpaired) electrons. The highest BCUT2D eigenvalue weighted by atomic mass is 16.3. The monoisotopic (exact) mass is 494 g/mol. The van der Waals surface area contributed by atoms with E-state index in [0.717, 1.165) is 39.0 Å². The fraction of sp³-hybridized carbons (Fsp3) is 0.233. The summed E-state index contributed by atoms with van der Waals surface area (Å²) in [5.41, 5.74) is 6.53. The number of aromatic nitrogens is 2. The Hall–Kier alpha value is -4.39. The molecule has 1 aliphatic heterocycles. The maximum Gasteiger partial charge on any atom is 0.296 e. The molecule has 7 nitrogen and oxygen atoms in total. The van der Waals surface area contributed by atoms with Gasteiger partial charge in [0.25, 0.3) is 5.91 Å². The molecule has 4 aromatic rings. The molecule has 0 fully saturated rings. The largest absolute Gasteiger partial charge is 0.503 e. The molecule has 1 amide bonds. The van der Waals surface area contributed by atoms with E-state index in [9.17, 15) is 14.7 Å². The van der Waals surface area contributed by atoms with E-state index in [1.807, 2.05) is 99.6 Å². The lowest BCUT2D eigenvalue weighted by Gasteiger charge is -2.25. The number of ketones is 1. The number of benzene rings is 3. The maximum atomic E-state index is 13.5. The third kappa shape index (κ3) is 4.48. The van der Waals surface area contributed by atoms with Crippen LogP contribution in [0.5, 0.6) is 0 Å². The Morgan fingerprint density at radius 2 is 1.70 bits per heavy atom. The Bertz CT molecular complexity index is 1480. The van der Waals surface area contributed by atoms with Crippen molar-refractivity contribution in [3.05, 3.63) is 100 Å². The maximum absolute atomic E-state index is 13.5. The number of Topliss-reactive ketones (excluding diaryl/α,β-unsaturated/α-hetero) is 1. The molecule has 2 heterocycles. The Kier molecular flexibility index (Phi) is 6.29. The van der Waals surface area contributed by atoms with E-state index < -0.39 is 17.7 Å². The molecule has 1 unspecified atom stereocenters. The van der Waals surface area contributed by atoms with Crippen molar-refractivity contribution in [2.24, 2.45) is 0 Å². The number of hydrogen-bond acceptors (Lipinski definition) is 5. The number of H-pyrrole nitrogens is 1. The van der Waals surface area contributed by atoms with Gasteiger partial charge in [0.05, 0.1) is 22.6 Å². The quantitative estimate of drug-likeness (QED) is 0.362. The van der Waals surface area contributed by atoms with Crippen LogP contribution in [-0.4, -0.2) is 40.9 Å². The van der Waals surface area contributed by atoms with Crippen molar-refractivity contribution in [1.29, 1.82) is 0 Å². The first-order valence-electron chi connectivity index (χ1n) is 12.3. The minimum absolute atomic E-state index is 0.103. The molecule has 1 atom stereocenters. The van der Waals surface area contributed by atoms with Crippen LogP contribution in [0.15, 0.2) is 78.1 Å². The molecule has 0 saturated carbocycles. The average molecular weight is 495 g/mol. The van der Waals surface area contributed by atoms with Crippen molar-refractivity contribution in [1.82, 2.24) is 9.97 Å². The van der Waals surface area contributed by atoms with E-state index in [-0.39, 0.29) is 17.8 Å². The second kappa shape index (κ2) is 9.58. The molecular formula is C30H30N4O3. The Morgan fingerprint density at radius 3 is 2.38 bits per heavy atom. The van der Waals surface area contributed by atoms with Gasteiger partial charge in [0.1, 0.15) is 0 Å². The summed E-state index contributed by atoms with van der Waals surface area (Å²) in [6, 6.07) is 20.5. The Balaban J connectivity index is 1.57. The minimum Gasteiger partial charge on any atom is -0.503 e. The van der Waals surface area contributed by atoms with Crippen LogP contribution in [0, 0.1) is 13.8 Å². The van der Waals surface area contributed by atoms with Gasteiger partial charge >= 0.3 is 0 Å². The first kappa shape index (κ1) is 24.3. The Morgan fingerprint density at radius 1 is 1.03 bits per heavy atom. The van der Waals surface area contributed by atoms with Crippen LogP contribution < -0.4 is 9.80 Å². The van der Waals surface area contributed by atoms with Gasteiger partial charge in [-0.1, -0.05) is 42.5 Å². The average Bonchev–Trinajstić information content (AvgIpc) is 3.40. The van der Waals surface area contributed by atoms with Gasteiger partial charge in [-0.3, -0.25) is 14.5 Å². The Labute approximate surface area is 216 Å². The number of aliphatic hydroxyl groups excluding tert-OH is 1. The van der Waals surface area contributed by atoms with Crippen molar-refractivity contribution in [2.75, 3.05) is 23.9 Å². The predicted molar refractivity (Wildman–Crippen MR) is 146 cm³/mol. The molecule has 3 aromatic carbocycles. The zero-order valence-corrected chi connectivity index (χ0v) is 21.4. The van der Waals surface area contributed by atoms with Crippen LogP contribution in [0.1, 0.15) is 34.7 Å². The van der Waals surface area contributed by atoms with Crippen LogP contribution in [0.4, 0.5) is 11.6 Å². The SMILES string of the molecule is Cc1cc2nc(N3C(=O)C(O)=C(C(=O)CCc4ccccc4)C3c3ccc(N(C)C)cc3)[nH]c2cc1C. The number of nitrogens with one attached hydrogen (secondary N) is 1. The van der Waals surface area contributed by atoms with Gasteiger partial charge in [0.2, 0.25) is 5.95 Å². The van der Waals surface area contributed by atoms with Gasteiger partial charge in [-0.05, 0) is 66.8 Å². The molecule has 7 heteroatoms. The van der Waals surface area contributed by atoms with Crippen molar-refractivity contribution in [3.8, 4) is 0 Å². The second-order valence-corrected chi connectivity index (χ2v) is 9.75. The van der Waals surface area contributed by atoms with Gasteiger partial charge in [-0.2, -0.15) is 0 Å². The molecule has 37 heavy (non-hydrogen) atoms. The number of fused-ring (bicyclic) bond motifs is 1. The number of nitrogens with zero attached hydrogens (tertiary/aromatic N) is 3. The number of imidazole rings is 1. The third-order valence-corrected chi connectivity index (χ3v) is 7.03. The molecule has 5 rings (SSSR count).